The first kappa shape index (κ1) is 23.4. The highest BCUT2D eigenvalue weighted by Crippen LogP contribution is 2.34. The van der Waals surface area contributed by atoms with Gasteiger partial charge < -0.3 is 24.4 Å². The minimum Gasteiger partial charge on any atom is -0.494 e. The molecule has 0 atom stereocenters. The van der Waals surface area contributed by atoms with Crippen molar-refractivity contribution < 1.29 is 23.8 Å². The van der Waals surface area contributed by atoms with Gasteiger partial charge in [0.2, 0.25) is 0 Å². The van der Waals surface area contributed by atoms with Crippen molar-refractivity contribution in [3.63, 3.8) is 0 Å². The third kappa shape index (κ3) is 6.20. The van der Waals surface area contributed by atoms with E-state index in [0.29, 0.717) is 47.5 Å². The third-order valence-corrected chi connectivity index (χ3v) is 5.41. The van der Waals surface area contributed by atoms with Gasteiger partial charge in [-0.25, -0.2) is 0 Å². The molecule has 0 bridgehead atoms. The minimum absolute atomic E-state index is 0.0215. The van der Waals surface area contributed by atoms with E-state index >= 15 is 0 Å². The van der Waals surface area contributed by atoms with Crippen molar-refractivity contribution in [3.8, 4) is 17.2 Å². The van der Waals surface area contributed by atoms with Crippen molar-refractivity contribution in [2.45, 2.75) is 13.3 Å². The van der Waals surface area contributed by atoms with Crippen LogP contribution < -0.4 is 24.4 Å². The number of carbonyl (C=O) groups is 2. The summed E-state index contributed by atoms with van der Waals surface area (Å²) in [4.78, 5) is 26.5. The summed E-state index contributed by atoms with van der Waals surface area (Å²) in [5.41, 5.74) is 2.29. The van der Waals surface area contributed by atoms with Crippen molar-refractivity contribution in [1.29, 1.82) is 0 Å². The van der Waals surface area contributed by atoms with Crippen molar-refractivity contribution in [2.75, 3.05) is 36.6 Å². The Hall–Kier alpha value is -3.71. The SMILES string of the molecule is Cc1cccc(OCCCN2C(=O)COc3ccc(NC(=O)COc4ccc(Cl)cc4)cc32)c1. The number of hydrogen-bond donors (Lipinski definition) is 1. The third-order valence-electron chi connectivity index (χ3n) is 5.15. The molecule has 0 aromatic heterocycles. The summed E-state index contributed by atoms with van der Waals surface area (Å²) in [6, 6.07) is 19.8. The van der Waals surface area contributed by atoms with Crippen LogP contribution in [0.1, 0.15) is 12.0 Å². The van der Waals surface area contributed by atoms with Crippen LogP contribution in [0, 0.1) is 6.92 Å². The fourth-order valence-corrected chi connectivity index (χ4v) is 3.65. The van der Waals surface area contributed by atoms with Gasteiger partial charge in [0, 0.05) is 17.3 Å². The molecule has 0 saturated carbocycles. The number of anilines is 2. The number of benzene rings is 3. The lowest BCUT2D eigenvalue weighted by molar-refractivity contribution is -0.121. The van der Waals surface area contributed by atoms with Crippen LogP contribution in [-0.4, -0.2) is 38.2 Å². The standard InChI is InChI=1S/C26H25ClN2O5/c1-18-4-2-5-22(14-18)32-13-3-12-29-23-15-20(8-11-24(23)34-17-26(29)31)28-25(30)16-33-21-9-6-19(27)7-10-21/h2,4-11,14-15H,3,12-13,16-17H2,1H3,(H,28,30). The zero-order valence-electron chi connectivity index (χ0n) is 18.8. The van der Waals surface area contributed by atoms with Crippen molar-refractivity contribution in [3.05, 3.63) is 77.3 Å². The number of rotatable bonds is 9. The largest absolute Gasteiger partial charge is 0.494 e. The van der Waals surface area contributed by atoms with Crippen LogP contribution in [0.25, 0.3) is 0 Å². The van der Waals surface area contributed by atoms with Gasteiger partial charge in [-0.15, -0.1) is 0 Å². The van der Waals surface area contributed by atoms with Gasteiger partial charge in [-0.3, -0.25) is 9.59 Å². The molecule has 2 amide bonds. The van der Waals surface area contributed by atoms with Gasteiger partial charge in [0.25, 0.3) is 11.8 Å². The molecule has 0 radical (unpaired) electrons. The van der Waals surface area contributed by atoms with E-state index < -0.39 is 0 Å². The number of amides is 2. The minimum atomic E-state index is -0.323. The van der Waals surface area contributed by atoms with E-state index in [4.69, 9.17) is 25.8 Å². The predicted octanol–water partition coefficient (Wildman–Crippen LogP) is 4.86. The Labute approximate surface area is 203 Å². The molecule has 0 unspecified atom stereocenters. The van der Waals surface area contributed by atoms with Crippen LogP contribution in [0.2, 0.25) is 5.02 Å². The quantitative estimate of drug-likeness (QED) is 0.442. The van der Waals surface area contributed by atoms with E-state index in [9.17, 15) is 9.59 Å². The summed E-state index contributed by atoms with van der Waals surface area (Å²) in [6.45, 7) is 2.77. The van der Waals surface area contributed by atoms with Gasteiger partial charge in [0.15, 0.2) is 13.2 Å². The summed E-state index contributed by atoms with van der Waals surface area (Å²) in [6.07, 6.45) is 0.643. The number of fused-ring (bicyclic) bond motifs is 1. The van der Waals surface area contributed by atoms with Crippen LogP contribution >= 0.6 is 11.6 Å². The van der Waals surface area contributed by atoms with Crippen LogP contribution in [0.15, 0.2) is 66.7 Å². The van der Waals surface area contributed by atoms with Gasteiger partial charge >= 0.3 is 0 Å². The fraction of sp³-hybridized carbons (Fsp3) is 0.231. The molecule has 7 nitrogen and oxygen atoms in total. The molecule has 3 aromatic rings. The maximum Gasteiger partial charge on any atom is 0.265 e. The first-order valence-electron chi connectivity index (χ1n) is 10.9. The Balaban J connectivity index is 1.34. The highest BCUT2D eigenvalue weighted by Gasteiger charge is 2.25. The average Bonchev–Trinajstić information content (AvgIpc) is 2.82. The number of nitrogens with one attached hydrogen (secondary N) is 1. The number of nitrogens with zero attached hydrogens (tertiary/aromatic N) is 1. The molecule has 1 N–H and O–H groups in total. The van der Waals surface area contributed by atoms with Gasteiger partial charge in [0.05, 0.1) is 12.3 Å². The Bertz CT molecular complexity index is 1170. The molecule has 1 aliphatic heterocycles. The summed E-state index contributed by atoms with van der Waals surface area (Å²) in [5, 5.41) is 3.39. The monoisotopic (exact) mass is 480 g/mol. The van der Waals surface area contributed by atoms with Crippen LogP contribution in [0.5, 0.6) is 17.2 Å². The fourth-order valence-electron chi connectivity index (χ4n) is 3.52. The topological polar surface area (TPSA) is 77.1 Å². The van der Waals surface area contributed by atoms with E-state index in [1.165, 1.54) is 0 Å². The van der Waals surface area contributed by atoms with E-state index in [0.717, 1.165) is 11.3 Å². The summed E-state index contributed by atoms with van der Waals surface area (Å²) in [7, 11) is 0. The van der Waals surface area contributed by atoms with Gasteiger partial charge in [-0.05, 0) is 73.5 Å². The molecule has 1 heterocycles. The second-order valence-electron chi connectivity index (χ2n) is 7.83. The van der Waals surface area contributed by atoms with Crippen LogP contribution in [0.3, 0.4) is 0 Å². The molecule has 1 aliphatic rings. The lowest BCUT2D eigenvalue weighted by Crippen LogP contribution is -2.39. The molecule has 176 valence electrons. The average molecular weight is 481 g/mol. The molecule has 0 saturated heterocycles. The van der Waals surface area contributed by atoms with Crippen LogP contribution in [-0.2, 0) is 9.59 Å². The summed E-state index contributed by atoms with van der Waals surface area (Å²) in [5.74, 6) is 1.48. The molecule has 4 rings (SSSR count). The normalized spacial score (nSPS) is 12.5. The molecule has 34 heavy (non-hydrogen) atoms. The second kappa shape index (κ2) is 10.9. The number of carbonyl (C=O) groups excluding carboxylic acids is 2. The Kier molecular flexibility index (Phi) is 7.54. The zero-order valence-corrected chi connectivity index (χ0v) is 19.5. The summed E-state index contributed by atoms with van der Waals surface area (Å²) >= 11 is 5.86. The molecule has 8 heteroatoms. The maximum atomic E-state index is 12.5. The molecule has 0 spiro atoms. The van der Waals surface area contributed by atoms with Gasteiger partial charge in [0.1, 0.15) is 17.2 Å². The van der Waals surface area contributed by atoms with Crippen molar-refractivity contribution >= 4 is 34.8 Å². The molecular formula is C26H25ClN2O5. The number of aryl methyl sites for hydroxylation is 1. The lowest BCUT2D eigenvalue weighted by Gasteiger charge is -2.30. The highest BCUT2D eigenvalue weighted by atomic mass is 35.5. The van der Waals surface area contributed by atoms with Crippen molar-refractivity contribution in [1.82, 2.24) is 0 Å². The predicted molar refractivity (Wildman–Crippen MR) is 131 cm³/mol. The van der Waals surface area contributed by atoms with E-state index in [-0.39, 0.29) is 25.0 Å². The number of hydrogen-bond acceptors (Lipinski definition) is 5. The summed E-state index contributed by atoms with van der Waals surface area (Å²) < 4.78 is 16.8. The Morgan fingerprint density at radius 2 is 1.88 bits per heavy atom. The molecule has 0 fully saturated rings. The van der Waals surface area contributed by atoms with Gasteiger partial charge in [-0.1, -0.05) is 23.7 Å². The smallest absolute Gasteiger partial charge is 0.265 e. The van der Waals surface area contributed by atoms with E-state index in [1.807, 2.05) is 31.2 Å². The maximum absolute atomic E-state index is 12.5. The number of ether oxygens (including phenoxy) is 3. The van der Waals surface area contributed by atoms with Crippen molar-refractivity contribution in [2.24, 2.45) is 0 Å². The first-order valence-corrected chi connectivity index (χ1v) is 11.3. The zero-order chi connectivity index (χ0) is 23.9. The van der Waals surface area contributed by atoms with Gasteiger partial charge in [-0.2, -0.15) is 0 Å². The Morgan fingerprint density at radius 1 is 1.06 bits per heavy atom. The highest BCUT2D eigenvalue weighted by molar-refractivity contribution is 6.30. The molecule has 3 aromatic carbocycles. The molecule has 0 aliphatic carbocycles. The molecular weight excluding hydrogens is 456 g/mol. The lowest BCUT2D eigenvalue weighted by atomic mass is 10.2. The number of halogens is 1. The Morgan fingerprint density at radius 3 is 2.68 bits per heavy atom. The van der Waals surface area contributed by atoms with Crippen LogP contribution in [0.4, 0.5) is 11.4 Å². The first-order chi connectivity index (χ1) is 16.5. The van der Waals surface area contributed by atoms with E-state index in [1.54, 1.807) is 47.4 Å². The second-order valence-corrected chi connectivity index (χ2v) is 8.26. The van der Waals surface area contributed by atoms with E-state index in [2.05, 4.69) is 5.32 Å².